The molecule has 0 bridgehead atoms. The molecule has 3 aromatic heterocycles. The second-order valence-corrected chi connectivity index (χ2v) is 10.1. The molecule has 9 nitrogen and oxygen atoms in total. The van der Waals surface area contributed by atoms with Gasteiger partial charge in [-0.05, 0) is 33.3 Å². The van der Waals surface area contributed by atoms with Crippen molar-refractivity contribution in [1.29, 1.82) is 0 Å². The minimum Gasteiger partial charge on any atom is -0.336 e. The number of aromatic nitrogens is 5. The predicted molar refractivity (Wildman–Crippen MR) is 119 cm³/mol. The molecule has 5 heterocycles. The number of amides is 2. The number of carbonyl (C=O) groups excluding carboxylic acids is 2. The van der Waals surface area contributed by atoms with Crippen LogP contribution in [-0.4, -0.2) is 66.0 Å². The molecule has 0 radical (unpaired) electrons. The number of hydrogen-bond acceptors (Lipinski definition) is 6. The Labute approximate surface area is 190 Å². The minimum absolute atomic E-state index is 0.0900. The van der Waals surface area contributed by atoms with Crippen molar-refractivity contribution >= 4 is 23.2 Å². The molecule has 2 aliphatic heterocycles. The molecule has 3 aromatic rings. The van der Waals surface area contributed by atoms with Gasteiger partial charge in [-0.3, -0.25) is 14.7 Å². The first-order chi connectivity index (χ1) is 15.4. The highest BCUT2D eigenvalue weighted by molar-refractivity contribution is 7.09. The molecule has 32 heavy (non-hydrogen) atoms. The van der Waals surface area contributed by atoms with E-state index >= 15 is 0 Å². The van der Waals surface area contributed by atoms with Crippen molar-refractivity contribution in [3.63, 3.8) is 0 Å². The van der Waals surface area contributed by atoms with Crippen molar-refractivity contribution in [3.8, 4) is 0 Å². The van der Waals surface area contributed by atoms with E-state index in [1.807, 2.05) is 29.7 Å². The van der Waals surface area contributed by atoms with Crippen LogP contribution in [0.3, 0.4) is 0 Å². The fraction of sp³-hybridized carbons (Fsp3) is 0.500. The Balaban J connectivity index is 1.46. The Morgan fingerprint density at radius 1 is 1.41 bits per heavy atom. The molecule has 168 valence electrons. The van der Waals surface area contributed by atoms with Crippen LogP contribution in [0.5, 0.6) is 0 Å². The van der Waals surface area contributed by atoms with Crippen molar-refractivity contribution in [1.82, 2.24) is 34.5 Å². The molecule has 2 fully saturated rings. The van der Waals surface area contributed by atoms with Gasteiger partial charge in [0.2, 0.25) is 5.91 Å². The van der Waals surface area contributed by atoms with Crippen LogP contribution in [0.1, 0.15) is 59.1 Å². The predicted octanol–water partition coefficient (Wildman–Crippen LogP) is 2.61. The number of likely N-dealkylation sites (tertiary alicyclic amines) is 2. The average molecular weight is 454 g/mol. The lowest BCUT2D eigenvalue weighted by atomic mass is 9.75. The summed E-state index contributed by atoms with van der Waals surface area (Å²) in [5.74, 6) is -0.190. The summed E-state index contributed by atoms with van der Waals surface area (Å²) >= 11 is 1.59. The summed E-state index contributed by atoms with van der Waals surface area (Å²) in [6, 6.07) is 1.95. The smallest absolute Gasteiger partial charge is 0.271 e. The average Bonchev–Trinajstić information content (AvgIpc) is 3.57. The van der Waals surface area contributed by atoms with Gasteiger partial charge in [0.15, 0.2) is 0 Å². The van der Waals surface area contributed by atoms with Gasteiger partial charge in [0, 0.05) is 49.4 Å². The van der Waals surface area contributed by atoms with Crippen LogP contribution in [0.4, 0.5) is 0 Å². The topological polar surface area (TPSA) is 100 Å². The monoisotopic (exact) mass is 453 g/mol. The number of H-pyrrole nitrogens is 1. The second-order valence-electron chi connectivity index (χ2n) is 9.04. The summed E-state index contributed by atoms with van der Waals surface area (Å²) in [7, 11) is 0. The zero-order chi connectivity index (χ0) is 22.5. The van der Waals surface area contributed by atoms with Gasteiger partial charge in [0.05, 0.1) is 34.7 Å². The molecular formula is C22H27N7O2S. The van der Waals surface area contributed by atoms with Crippen LogP contribution < -0.4 is 0 Å². The van der Waals surface area contributed by atoms with E-state index in [2.05, 4.69) is 38.6 Å². The molecular weight excluding hydrogens is 426 g/mol. The summed E-state index contributed by atoms with van der Waals surface area (Å²) < 4.78 is 2.05. The van der Waals surface area contributed by atoms with E-state index in [0.717, 1.165) is 16.4 Å². The largest absolute Gasteiger partial charge is 0.336 e. The standard InChI is InChI=1S/C22H27N7O2S/c1-14(2)29-10-19(23-13-29)17-9-28(20(30)18-4-6-24-26-18)12-22(17)5-7-27(21(22)31)8-16-11-32-15(3)25-16/h4,6,10-11,13-14,17H,5,7-9,12H2,1-3H3,(H,24,26). The first-order valence-electron chi connectivity index (χ1n) is 10.9. The maximum absolute atomic E-state index is 13.8. The maximum Gasteiger partial charge on any atom is 0.271 e. The molecule has 0 aliphatic carbocycles. The van der Waals surface area contributed by atoms with Crippen LogP contribution in [0.15, 0.2) is 30.2 Å². The lowest BCUT2D eigenvalue weighted by molar-refractivity contribution is -0.136. The van der Waals surface area contributed by atoms with Crippen molar-refractivity contribution in [2.45, 2.75) is 45.7 Å². The van der Waals surface area contributed by atoms with Crippen LogP contribution in [0.2, 0.25) is 0 Å². The minimum atomic E-state index is -0.670. The SMILES string of the molecule is Cc1nc(CN2CCC3(CN(C(=O)c4ccn[nH]4)CC3c3cn(C(C)C)cn3)C2=O)cs1. The number of thiazole rings is 1. The van der Waals surface area contributed by atoms with Crippen molar-refractivity contribution in [2.24, 2.45) is 5.41 Å². The third kappa shape index (κ3) is 3.42. The van der Waals surface area contributed by atoms with E-state index < -0.39 is 5.41 Å². The van der Waals surface area contributed by atoms with E-state index in [9.17, 15) is 9.59 Å². The van der Waals surface area contributed by atoms with Crippen LogP contribution >= 0.6 is 11.3 Å². The number of carbonyl (C=O) groups is 2. The number of aromatic amines is 1. The van der Waals surface area contributed by atoms with Gasteiger partial charge >= 0.3 is 0 Å². The van der Waals surface area contributed by atoms with Gasteiger partial charge in [0.25, 0.3) is 5.91 Å². The van der Waals surface area contributed by atoms with Crippen LogP contribution in [0, 0.1) is 12.3 Å². The molecule has 0 saturated carbocycles. The Hall–Kier alpha value is -3.01. The molecule has 2 saturated heterocycles. The van der Waals surface area contributed by atoms with Gasteiger partial charge in [-0.25, -0.2) is 9.97 Å². The number of rotatable bonds is 5. The lowest BCUT2D eigenvalue weighted by Gasteiger charge is -2.27. The number of nitrogens with one attached hydrogen (secondary N) is 1. The zero-order valence-electron chi connectivity index (χ0n) is 18.5. The molecule has 2 atom stereocenters. The van der Waals surface area contributed by atoms with Crippen molar-refractivity contribution in [2.75, 3.05) is 19.6 Å². The van der Waals surface area contributed by atoms with Crippen molar-refractivity contribution < 1.29 is 9.59 Å². The molecule has 2 amide bonds. The molecule has 10 heteroatoms. The quantitative estimate of drug-likeness (QED) is 0.640. The fourth-order valence-corrected chi connectivity index (χ4v) is 5.56. The normalized spacial score (nSPS) is 23.2. The van der Waals surface area contributed by atoms with Crippen molar-refractivity contribution in [3.05, 3.63) is 52.3 Å². The van der Waals surface area contributed by atoms with E-state index in [1.165, 1.54) is 0 Å². The summed E-state index contributed by atoms with van der Waals surface area (Å²) in [6.45, 7) is 8.18. The zero-order valence-corrected chi connectivity index (χ0v) is 19.3. The first kappa shape index (κ1) is 20.9. The van der Waals surface area contributed by atoms with E-state index in [-0.39, 0.29) is 23.8 Å². The molecule has 0 aromatic carbocycles. The number of hydrogen-bond donors (Lipinski definition) is 1. The summed E-state index contributed by atoms with van der Waals surface area (Å²) in [5, 5.41) is 9.68. The molecule has 5 rings (SSSR count). The molecule has 2 unspecified atom stereocenters. The third-order valence-corrected chi connectivity index (χ3v) is 7.52. The van der Waals surface area contributed by atoms with Gasteiger partial charge in [-0.15, -0.1) is 11.3 Å². The Bertz CT molecular complexity index is 1140. The van der Waals surface area contributed by atoms with Gasteiger partial charge in [0.1, 0.15) is 5.69 Å². The van der Waals surface area contributed by atoms with E-state index in [0.29, 0.717) is 38.3 Å². The second kappa shape index (κ2) is 7.84. The third-order valence-electron chi connectivity index (χ3n) is 6.70. The Morgan fingerprint density at radius 2 is 2.25 bits per heavy atom. The Morgan fingerprint density at radius 3 is 2.91 bits per heavy atom. The Kier molecular flexibility index (Phi) is 5.11. The van der Waals surface area contributed by atoms with E-state index in [1.54, 1.807) is 28.5 Å². The molecule has 2 aliphatic rings. The molecule has 1 N–H and O–H groups in total. The van der Waals surface area contributed by atoms with Gasteiger partial charge < -0.3 is 14.4 Å². The summed E-state index contributed by atoms with van der Waals surface area (Å²) in [4.78, 5) is 39.8. The number of nitrogens with zero attached hydrogens (tertiary/aromatic N) is 6. The highest BCUT2D eigenvalue weighted by atomic mass is 32.1. The highest BCUT2D eigenvalue weighted by Gasteiger charge is 2.58. The summed E-state index contributed by atoms with van der Waals surface area (Å²) in [6.07, 6.45) is 6.11. The van der Waals surface area contributed by atoms with Crippen LogP contribution in [0.25, 0.3) is 0 Å². The summed E-state index contributed by atoms with van der Waals surface area (Å²) in [5.41, 5.74) is 1.56. The maximum atomic E-state index is 13.8. The van der Waals surface area contributed by atoms with E-state index in [4.69, 9.17) is 0 Å². The number of aryl methyl sites for hydroxylation is 1. The van der Waals surface area contributed by atoms with Crippen LogP contribution in [-0.2, 0) is 11.3 Å². The lowest BCUT2D eigenvalue weighted by Crippen LogP contribution is -2.40. The number of imidazole rings is 1. The first-order valence-corrected chi connectivity index (χ1v) is 11.8. The van der Waals surface area contributed by atoms with Gasteiger partial charge in [-0.1, -0.05) is 0 Å². The van der Waals surface area contributed by atoms with Gasteiger partial charge in [-0.2, -0.15) is 5.10 Å². The molecule has 1 spiro atoms. The fourth-order valence-electron chi connectivity index (χ4n) is 4.96. The highest BCUT2D eigenvalue weighted by Crippen LogP contribution is 2.50.